The lowest BCUT2D eigenvalue weighted by Crippen LogP contribution is -2.27. The van der Waals surface area contributed by atoms with Crippen LogP contribution in [0, 0.1) is 5.92 Å². The van der Waals surface area contributed by atoms with E-state index >= 15 is 0 Å². The summed E-state index contributed by atoms with van der Waals surface area (Å²) in [4.78, 5) is 16.9. The highest BCUT2D eigenvalue weighted by atomic mass is 35.5. The molecule has 3 rings (SSSR count). The van der Waals surface area contributed by atoms with Crippen LogP contribution in [0.3, 0.4) is 0 Å². The minimum atomic E-state index is -0.0289. The Hall–Kier alpha value is -1.63. The molecule has 1 unspecified atom stereocenters. The summed E-state index contributed by atoms with van der Waals surface area (Å²) in [6, 6.07) is 7.77. The number of aromatic nitrogens is 3. The predicted molar refractivity (Wildman–Crippen MR) is 111 cm³/mol. The summed E-state index contributed by atoms with van der Waals surface area (Å²) in [5.74, 6) is 1.93. The second-order valence-electron chi connectivity index (χ2n) is 7.13. The van der Waals surface area contributed by atoms with Gasteiger partial charge in [0.25, 0.3) is 0 Å². The molecule has 1 aliphatic rings. The van der Waals surface area contributed by atoms with E-state index in [4.69, 9.17) is 11.6 Å². The summed E-state index contributed by atoms with van der Waals surface area (Å²) in [5.41, 5.74) is 1.18. The van der Waals surface area contributed by atoms with Crippen LogP contribution in [-0.2, 0) is 18.3 Å². The zero-order valence-electron chi connectivity index (χ0n) is 15.7. The number of carbonyl (C=O) groups is 1. The Bertz CT molecular complexity index is 741. The van der Waals surface area contributed by atoms with Crippen molar-refractivity contribution in [3.8, 4) is 0 Å². The van der Waals surface area contributed by atoms with Gasteiger partial charge in [-0.15, -0.1) is 12.4 Å². The van der Waals surface area contributed by atoms with Gasteiger partial charge in [0.1, 0.15) is 0 Å². The summed E-state index contributed by atoms with van der Waals surface area (Å²) in [5, 5.41) is 11.5. The first kappa shape index (κ1) is 21.7. The molecule has 0 radical (unpaired) electrons. The monoisotopic (exact) mass is 411 g/mol. The second-order valence-corrected chi connectivity index (χ2v) is 7.57. The van der Waals surface area contributed by atoms with Crippen LogP contribution in [0.25, 0.3) is 0 Å². The summed E-state index contributed by atoms with van der Waals surface area (Å²) >= 11 is 5.91. The zero-order chi connectivity index (χ0) is 18.5. The molecule has 1 aromatic carbocycles. The fourth-order valence-electron chi connectivity index (χ4n) is 3.35. The Morgan fingerprint density at radius 2 is 2.00 bits per heavy atom. The quantitative estimate of drug-likeness (QED) is 0.761. The van der Waals surface area contributed by atoms with Crippen LogP contribution >= 0.6 is 24.0 Å². The van der Waals surface area contributed by atoms with Gasteiger partial charge in [-0.2, -0.15) is 10.1 Å². The second kappa shape index (κ2) is 10.1. The van der Waals surface area contributed by atoms with Crippen LogP contribution in [0.1, 0.15) is 43.5 Å². The molecule has 0 bridgehead atoms. The Morgan fingerprint density at radius 1 is 1.33 bits per heavy atom. The predicted octanol–water partition coefficient (Wildman–Crippen LogP) is 3.56. The van der Waals surface area contributed by atoms with Crippen molar-refractivity contribution < 1.29 is 4.79 Å². The first-order valence-corrected chi connectivity index (χ1v) is 9.55. The SMILES string of the molecule is CC(CC(=O)Nc1nc(C2CCNCC2)nn1C)Cc1ccc(Cl)cc1.Cl. The molecule has 1 aromatic heterocycles. The van der Waals surface area contributed by atoms with Crippen molar-refractivity contribution in [1.82, 2.24) is 20.1 Å². The van der Waals surface area contributed by atoms with Crippen LogP contribution in [0.5, 0.6) is 0 Å². The maximum atomic E-state index is 12.4. The lowest BCUT2D eigenvalue weighted by molar-refractivity contribution is -0.117. The Balaban J connectivity index is 0.00000261. The molecule has 1 atom stereocenters. The number of piperidine rings is 1. The minimum Gasteiger partial charge on any atom is -0.317 e. The summed E-state index contributed by atoms with van der Waals surface area (Å²) in [6.45, 7) is 4.06. The lowest BCUT2D eigenvalue weighted by atomic mass is 9.97. The van der Waals surface area contributed by atoms with E-state index in [0.29, 0.717) is 18.3 Å². The normalized spacial score (nSPS) is 15.8. The highest BCUT2D eigenvalue weighted by Crippen LogP contribution is 2.23. The Morgan fingerprint density at radius 3 is 2.67 bits per heavy atom. The maximum absolute atomic E-state index is 12.4. The van der Waals surface area contributed by atoms with Gasteiger partial charge < -0.3 is 5.32 Å². The molecule has 2 heterocycles. The number of halogens is 2. The van der Waals surface area contributed by atoms with E-state index in [9.17, 15) is 4.79 Å². The van der Waals surface area contributed by atoms with Gasteiger partial charge in [-0.25, -0.2) is 4.68 Å². The smallest absolute Gasteiger partial charge is 0.227 e. The van der Waals surface area contributed by atoms with Gasteiger partial charge in [-0.1, -0.05) is 30.7 Å². The van der Waals surface area contributed by atoms with Crippen molar-refractivity contribution >= 4 is 35.9 Å². The Labute approximate surface area is 171 Å². The summed E-state index contributed by atoms with van der Waals surface area (Å²) < 4.78 is 1.67. The number of aryl methyl sites for hydroxylation is 1. The van der Waals surface area contributed by atoms with Crippen molar-refractivity contribution in [1.29, 1.82) is 0 Å². The molecule has 1 aliphatic heterocycles. The number of anilines is 1. The molecule has 0 saturated carbocycles. The first-order valence-electron chi connectivity index (χ1n) is 9.17. The largest absolute Gasteiger partial charge is 0.317 e. The number of benzene rings is 1. The van der Waals surface area contributed by atoms with Gasteiger partial charge in [-0.3, -0.25) is 10.1 Å². The number of hydrogen-bond acceptors (Lipinski definition) is 4. The van der Waals surface area contributed by atoms with Crippen molar-refractivity contribution in [3.63, 3.8) is 0 Å². The van der Waals surface area contributed by atoms with Gasteiger partial charge in [0.15, 0.2) is 5.82 Å². The highest BCUT2D eigenvalue weighted by molar-refractivity contribution is 6.30. The summed E-state index contributed by atoms with van der Waals surface area (Å²) in [7, 11) is 1.82. The van der Waals surface area contributed by atoms with E-state index in [-0.39, 0.29) is 24.2 Å². The van der Waals surface area contributed by atoms with Crippen LogP contribution in [0.15, 0.2) is 24.3 Å². The van der Waals surface area contributed by atoms with E-state index < -0.39 is 0 Å². The van der Waals surface area contributed by atoms with Gasteiger partial charge in [0.2, 0.25) is 11.9 Å². The molecule has 148 valence electrons. The lowest BCUT2D eigenvalue weighted by Gasteiger charge is -2.19. The molecular formula is C19H27Cl2N5O. The maximum Gasteiger partial charge on any atom is 0.227 e. The molecule has 1 amide bonds. The zero-order valence-corrected chi connectivity index (χ0v) is 17.3. The number of hydrogen-bond donors (Lipinski definition) is 2. The number of nitrogens with zero attached hydrogens (tertiary/aromatic N) is 3. The Kier molecular flexibility index (Phi) is 8.07. The van der Waals surface area contributed by atoms with Crippen molar-refractivity contribution in [2.75, 3.05) is 18.4 Å². The van der Waals surface area contributed by atoms with Crippen molar-refractivity contribution in [3.05, 3.63) is 40.7 Å². The van der Waals surface area contributed by atoms with Crippen LogP contribution in [0.2, 0.25) is 5.02 Å². The number of carbonyl (C=O) groups excluding carboxylic acids is 1. The fourth-order valence-corrected chi connectivity index (χ4v) is 3.48. The number of nitrogens with one attached hydrogen (secondary N) is 2. The molecule has 0 spiro atoms. The fraction of sp³-hybridized carbons (Fsp3) is 0.526. The third-order valence-corrected chi connectivity index (χ3v) is 5.02. The molecule has 27 heavy (non-hydrogen) atoms. The number of amides is 1. The van der Waals surface area contributed by atoms with E-state index in [2.05, 4.69) is 27.6 Å². The average molecular weight is 412 g/mol. The van der Waals surface area contributed by atoms with Crippen LogP contribution < -0.4 is 10.6 Å². The third-order valence-electron chi connectivity index (χ3n) is 4.77. The standard InChI is InChI=1S/C19H26ClN5O.ClH/c1-13(11-14-3-5-16(20)6-4-14)12-17(26)22-19-23-18(24-25(19)2)15-7-9-21-10-8-15;/h3-6,13,15,21H,7-12H2,1-2H3,(H,22,23,24,26);1H. The van der Waals surface area contributed by atoms with E-state index in [1.807, 2.05) is 31.3 Å². The number of rotatable bonds is 6. The molecular weight excluding hydrogens is 385 g/mol. The molecule has 2 aromatic rings. The van der Waals surface area contributed by atoms with Crippen LogP contribution in [0.4, 0.5) is 5.95 Å². The average Bonchev–Trinajstić information content (AvgIpc) is 2.98. The highest BCUT2D eigenvalue weighted by Gasteiger charge is 2.21. The molecule has 1 saturated heterocycles. The van der Waals surface area contributed by atoms with Gasteiger partial charge in [0.05, 0.1) is 0 Å². The summed E-state index contributed by atoms with van der Waals surface area (Å²) in [6.07, 6.45) is 3.35. The van der Waals surface area contributed by atoms with Crippen LogP contribution in [-0.4, -0.2) is 33.8 Å². The molecule has 8 heteroatoms. The van der Waals surface area contributed by atoms with Gasteiger partial charge in [0, 0.05) is 24.4 Å². The molecule has 1 fully saturated rings. The molecule has 0 aliphatic carbocycles. The minimum absolute atomic E-state index is 0. The van der Waals surface area contributed by atoms with Crippen molar-refractivity contribution in [2.24, 2.45) is 13.0 Å². The van der Waals surface area contributed by atoms with Gasteiger partial charge >= 0.3 is 0 Å². The van der Waals surface area contributed by atoms with Crippen molar-refractivity contribution in [2.45, 2.75) is 38.5 Å². The topological polar surface area (TPSA) is 71.8 Å². The molecule has 6 nitrogen and oxygen atoms in total. The van der Waals surface area contributed by atoms with E-state index in [1.54, 1.807) is 4.68 Å². The van der Waals surface area contributed by atoms with Gasteiger partial charge in [-0.05, 0) is 56.0 Å². The van der Waals surface area contributed by atoms with E-state index in [0.717, 1.165) is 43.2 Å². The third kappa shape index (κ3) is 6.19. The first-order chi connectivity index (χ1) is 12.5. The molecule has 2 N–H and O–H groups in total. The van der Waals surface area contributed by atoms with E-state index in [1.165, 1.54) is 5.56 Å².